The van der Waals surface area contributed by atoms with Crippen molar-refractivity contribution in [1.29, 1.82) is 0 Å². The molecule has 23 heavy (non-hydrogen) atoms. The molecule has 0 aliphatic rings. The van der Waals surface area contributed by atoms with Gasteiger partial charge in [-0.05, 0) is 36.2 Å². The van der Waals surface area contributed by atoms with Crippen LogP contribution in [0.15, 0.2) is 54.9 Å². The second kappa shape index (κ2) is 6.83. The van der Waals surface area contributed by atoms with Crippen LogP contribution in [0.2, 0.25) is 0 Å². The molecule has 0 radical (unpaired) electrons. The molecule has 0 spiro atoms. The van der Waals surface area contributed by atoms with Gasteiger partial charge in [-0.1, -0.05) is 12.1 Å². The van der Waals surface area contributed by atoms with E-state index in [0.29, 0.717) is 12.2 Å². The van der Waals surface area contributed by atoms with E-state index in [1.807, 2.05) is 12.1 Å². The fourth-order valence-electron chi connectivity index (χ4n) is 2.22. The first-order chi connectivity index (χ1) is 11.2. The summed E-state index contributed by atoms with van der Waals surface area (Å²) < 4.78 is 13.1. The molecule has 0 bridgehead atoms. The number of benzene rings is 1. The Morgan fingerprint density at radius 1 is 1.17 bits per heavy atom. The summed E-state index contributed by atoms with van der Waals surface area (Å²) in [6.07, 6.45) is 4.12. The van der Waals surface area contributed by atoms with Gasteiger partial charge in [-0.2, -0.15) is 5.10 Å². The molecule has 0 aliphatic heterocycles. The van der Waals surface area contributed by atoms with Crippen LogP contribution in [0.1, 0.15) is 12.0 Å². The minimum atomic E-state index is -0.294. The SMILES string of the molecule is O=C(CCc1cccc(F)c1)Nc1cc(-c2ccncc2)[nH]n1. The van der Waals surface area contributed by atoms with Crippen molar-refractivity contribution in [1.82, 2.24) is 15.2 Å². The number of aromatic amines is 1. The van der Waals surface area contributed by atoms with E-state index < -0.39 is 0 Å². The van der Waals surface area contributed by atoms with Gasteiger partial charge in [-0.25, -0.2) is 4.39 Å². The van der Waals surface area contributed by atoms with Crippen LogP contribution < -0.4 is 5.32 Å². The number of aryl methyl sites for hydroxylation is 1. The van der Waals surface area contributed by atoms with Gasteiger partial charge in [0.1, 0.15) is 5.82 Å². The van der Waals surface area contributed by atoms with Crippen LogP contribution in [-0.2, 0) is 11.2 Å². The van der Waals surface area contributed by atoms with E-state index >= 15 is 0 Å². The number of nitrogens with one attached hydrogen (secondary N) is 2. The number of halogens is 1. The number of nitrogens with zero attached hydrogens (tertiary/aromatic N) is 2. The summed E-state index contributed by atoms with van der Waals surface area (Å²) in [6.45, 7) is 0. The number of aromatic nitrogens is 3. The molecular formula is C17H15FN4O. The van der Waals surface area contributed by atoms with Crippen molar-refractivity contribution in [2.24, 2.45) is 0 Å². The number of hydrogen-bond donors (Lipinski definition) is 2. The minimum Gasteiger partial charge on any atom is -0.309 e. The third kappa shape index (κ3) is 4.00. The Kier molecular flexibility index (Phi) is 4.42. The van der Waals surface area contributed by atoms with Gasteiger partial charge < -0.3 is 5.32 Å². The largest absolute Gasteiger partial charge is 0.309 e. The lowest BCUT2D eigenvalue weighted by molar-refractivity contribution is -0.116. The van der Waals surface area contributed by atoms with Crippen molar-refractivity contribution >= 4 is 11.7 Å². The molecular weight excluding hydrogens is 295 g/mol. The molecule has 0 atom stereocenters. The van der Waals surface area contributed by atoms with E-state index in [0.717, 1.165) is 16.8 Å². The highest BCUT2D eigenvalue weighted by Crippen LogP contribution is 2.18. The molecule has 6 heteroatoms. The summed E-state index contributed by atoms with van der Waals surface area (Å²) >= 11 is 0. The van der Waals surface area contributed by atoms with E-state index in [1.54, 1.807) is 30.6 Å². The topological polar surface area (TPSA) is 70.7 Å². The summed E-state index contributed by atoms with van der Waals surface area (Å²) in [5, 5.41) is 9.66. The van der Waals surface area contributed by atoms with E-state index in [2.05, 4.69) is 20.5 Å². The van der Waals surface area contributed by atoms with Crippen LogP contribution in [-0.4, -0.2) is 21.1 Å². The molecule has 0 aliphatic carbocycles. The fraction of sp³-hybridized carbons (Fsp3) is 0.118. The predicted octanol–water partition coefficient (Wildman–Crippen LogP) is 3.18. The molecule has 1 aromatic carbocycles. The summed E-state index contributed by atoms with van der Waals surface area (Å²) in [6, 6.07) is 11.7. The Balaban J connectivity index is 1.57. The van der Waals surface area contributed by atoms with E-state index in [4.69, 9.17) is 0 Å². The zero-order chi connectivity index (χ0) is 16.1. The van der Waals surface area contributed by atoms with Crippen LogP contribution in [0.25, 0.3) is 11.3 Å². The number of rotatable bonds is 5. The van der Waals surface area contributed by atoms with Crippen LogP contribution in [0.5, 0.6) is 0 Å². The van der Waals surface area contributed by atoms with Gasteiger partial charge in [0.05, 0.1) is 5.69 Å². The second-order valence-corrected chi connectivity index (χ2v) is 5.08. The Morgan fingerprint density at radius 2 is 2.00 bits per heavy atom. The standard InChI is InChI=1S/C17H15FN4O/c18-14-3-1-2-12(10-14)4-5-17(23)20-16-11-15(21-22-16)13-6-8-19-9-7-13/h1-3,6-11H,4-5H2,(H2,20,21,22,23). The molecule has 3 rings (SSSR count). The van der Waals surface area contributed by atoms with Crippen molar-refractivity contribution in [3.63, 3.8) is 0 Å². The first-order valence-corrected chi connectivity index (χ1v) is 7.21. The average molecular weight is 310 g/mol. The summed E-state index contributed by atoms with van der Waals surface area (Å²) in [4.78, 5) is 15.9. The quantitative estimate of drug-likeness (QED) is 0.760. The lowest BCUT2D eigenvalue weighted by Gasteiger charge is -2.02. The predicted molar refractivity (Wildman–Crippen MR) is 85.2 cm³/mol. The van der Waals surface area contributed by atoms with E-state index in [1.165, 1.54) is 12.1 Å². The number of pyridine rings is 1. The minimum absolute atomic E-state index is 0.165. The highest BCUT2D eigenvalue weighted by Gasteiger charge is 2.08. The summed E-state index contributed by atoms with van der Waals surface area (Å²) in [7, 11) is 0. The summed E-state index contributed by atoms with van der Waals surface area (Å²) in [5.74, 6) is 0.000274. The number of H-pyrrole nitrogens is 1. The Bertz CT molecular complexity index is 801. The van der Waals surface area contributed by atoms with Gasteiger partial charge in [0, 0.05) is 30.4 Å². The van der Waals surface area contributed by atoms with Crippen LogP contribution >= 0.6 is 0 Å². The normalized spacial score (nSPS) is 10.5. The van der Waals surface area contributed by atoms with Crippen LogP contribution in [0, 0.1) is 5.82 Å². The van der Waals surface area contributed by atoms with Crippen molar-refractivity contribution in [3.05, 3.63) is 66.2 Å². The van der Waals surface area contributed by atoms with E-state index in [9.17, 15) is 9.18 Å². The molecule has 0 saturated carbocycles. The highest BCUT2D eigenvalue weighted by molar-refractivity contribution is 5.90. The molecule has 0 saturated heterocycles. The molecule has 5 nitrogen and oxygen atoms in total. The molecule has 0 fully saturated rings. The number of anilines is 1. The third-order valence-corrected chi connectivity index (χ3v) is 3.37. The van der Waals surface area contributed by atoms with Gasteiger partial charge in [-0.15, -0.1) is 0 Å². The van der Waals surface area contributed by atoms with Crippen LogP contribution in [0.4, 0.5) is 10.2 Å². The van der Waals surface area contributed by atoms with Gasteiger partial charge in [-0.3, -0.25) is 14.9 Å². The second-order valence-electron chi connectivity index (χ2n) is 5.08. The van der Waals surface area contributed by atoms with Crippen molar-refractivity contribution in [3.8, 4) is 11.3 Å². The van der Waals surface area contributed by atoms with Crippen molar-refractivity contribution in [2.75, 3.05) is 5.32 Å². The summed E-state index contributed by atoms with van der Waals surface area (Å²) in [5.41, 5.74) is 2.53. The number of carbonyl (C=O) groups excluding carboxylic acids is 1. The Labute approximate surface area is 132 Å². The van der Waals surface area contributed by atoms with Gasteiger partial charge >= 0.3 is 0 Å². The lowest BCUT2D eigenvalue weighted by Crippen LogP contribution is -2.12. The number of hydrogen-bond acceptors (Lipinski definition) is 3. The molecule has 2 N–H and O–H groups in total. The molecule has 1 amide bonds. The Hall–Kier alpha value is -3.02. The smallest absolute Gasteiger partial charge is 0.225 e. The third-order valence-electron chi connectivity index (χ3n) is 3.37. The maximum Gasteiger partial charge on any atom is 0.225 e. The van der Waals surface area contributed by atoms with Crippen molar-refractivity contribution in [2.45, 2.75) is 12.8 Å². The molecule has 2 heterocycles. The van der Waals surface area contributed by atoms with E-state index in [-0.39, 0.29) is 18.1 Å². The fourth-order valence-corrected chi connectivity index (χ4v) is 2.22. The zero-order valence-electron chi connectivity index (χ0n) is 12.3. The maximum absolute atomic E-state index is 13.1. The molecule has 3 aromatic rings. The molecule has 2 aromatic heterocycles. The van der Waals surface area contributed by atoms with Crippen molar-refractivity contribution < 1.29 is 9.18 Å². The van der Waals surface area contributed by atoms with Crippen LogP contribution in [0.3, 0.4) is 0 Å². The molecule has 0 unspecified atom stereocenters. The lowest BCUT2D eigenvalue weighted by atomic mass is 10.1. The average Bonchev–Trinajstić information content (AvgIpc) is 3.02. The highest BCUT2D eigenvalue weighted by atomic mass is 19.1. The molecule has 116 valence electrons. The van der Waals surface area contributed by atoms with Gasteiger partial charge in [0.25, 0.3) is 0 Å². The first kappa shape index (κ1) is 14.9. The van der Waals surface area contributed by atoms with Gasteiger partial charge in [0.15, 0.2) is 5.82 Å². The van der Waals surface area contributed by atoms with Gasteiger partial charge in [0.2, 0.25) is 5.91 Å². The number of carbonyl (C=O) groups is 1. The maximum atomic E-state index is 13.1. The monoisotopic (exact) mass is 310 g/mol. The first-order valence-electron chi connectivity index (χ1n) is 7.21. The number of amides is 1. The Morgan fingerprint density at radius 3 is 2.78 bits per heavy atom. The zero-order valence-corrected chi connectivity index (χ0v) is 12.3.